The largest absolute Gasteiger partial charge is 0.359 e. The van der Waals surface area contributed by atoms with E-state index in [9.17, 15) is 4.79 Å². The van der Waals surface area contributed by atoms with Crippen LogP contribution in [0.1, 0.15) is 71.8 Å². The summed E-state index contributed by atoms with van der Waals surface area (Å²) in [6, 6.07) is 1.99. The van der Waals surface area contributed by atoms with Crippen LogP contribution in [0, 0.1) is 0 Å². The number of rotatable bonds is 8. The van der Waals surface area contributed by atoms with Crippen LogP contribution in [-0.2, 0) is 11.3 Å². The maximum Gasteiger partial charge on any atom is 0.242 e. The Labute approximate surface area is 151 Å². The van der Waals surface area contributed by atoms with Crippen molar-refractivity contribution >= 4 is 11.9 Å². The first kappa shape index (κ1) is 21.0. The maximum absolute atomic E-state index is 11.9. The van der Waals surface area contributed by atoms with E-state index in [1.165, 1.54) is 0 Å². The Bertz CT molecular complexity index is 556. The van der Waals surface area contributed by atoms with Crippen LogP contribution in [0.25, 0.3) is 0 Å². The Kier molecular flexibility index (Phi) is 8.45. The molecule has 0 aliphatic carbocycles. The molecule has 1 aromatic rings. The number of hydrogen-bond acceptors (Lipinski definition) is 4. The molecular formula is C18H33N5O2. The summed E-state index contributed by atoms with van der Waals surface area (Å²) < 4.78 is 5.39. The first-order chi connectivity index (χ1) is 11.8. The van der Waals surface area contributed by atoms with E-state index in [-0.39, 0.29) is 18.0 Å². The lowest BCUT2D eigenvalue weighted by Crippen LogP contribution is -2.43. The quantitative estimate of drug-likeness (QED) is 0.494. The molecule has 0 bridgehead atoms. The molecule has 0 saturated heterocycles. The summed E-state index contributed by atoms with van der Waals surface area (Å²) in [6.07, 6.45) is 2.09. The predicted octanol–water partition coefficient (Wildman–Crippen LogP) is 2.55. The number of amides is 1. The zero-order valence-corrected chi connectivity index (χ0v) is 16.4. The number of guanidine groups is 1. The smallest absolute Gasteiger partial charge is 0.242 e. The van der Waals surface area contributed by atoms with E-state index >= 15 is 0 Å². The van der Waals surface area contributed by atoms with E-state index in [0.29, 0.717) is 25.0 Å². The number of nitrogens with zero attached hydrogens (tertiary/aromatic N) is 2. The van der Waals surface area contributed by atoms with Gasteiger partial charge in [0.1, 0.15) is 6.54 Å². The highest BCUT2D eigenvalue weighted by atomic mass is 16.5. The number of hydrogen-bond donors (Lipinski definition) is 3. The van der Waals surface area contributed by atoms with E-state index in [1.807, 2.05) is 33.8 Å². The van der Waals surface area contributed by atoms with Gasteiger partial charge in [0.05, 0.1) is 12.2 Å². The fourth-order valence-electron chi connectivity index (χ4n) is 2.43. The highest BCUT2D eigenvalue weighted by Gasteiger charge is 2.14. The molecule has 142 valence electrons. The number of carbonyl (C=O) groups excluding carboxylic acids is 1. The molecule has 0 fully saturated rings. The maximum atomic E-state index is 11.9. The monoisotopic (exact) mass is 351 g/mol. The van der Waals surface area contributed by atoms with Crippen LogP contribution < -0.4 is 16.0 Å². The van der Waals surface area contributed by atoms with Crippen molar-refractivity contribution in [1.29, 1.82) is 0 Å². The Morgan fingerprint density at radius 3 is 2.48 bits per heavy atom. The lowest BCUT2D eigenvalue weighted by atomic mass is 9.99. The second-order valence-electron chi connectivity index (χ2n) is 7.08. The van der Waals surface area contributed by atoms with Gasteiger partial charge in [0, 0.05) is 24.1 Å². The minimum atomic E-state index is -0.260. The van der Waals surface area contributed by atoms with Gasteiger partial charge in [-0.25, -0.2) is 4.99 Å². The normalized spacial score (nSPS) is 12.4. The topological polar surface area (TPSA) is 91.5 Å². The Morgan fingerprint density at radius 1 is 1.24 bits per heavy atom. The van der Waals surface area contributed by atoms with Crippen molar-refractivity contribution in [2.75, 3.05) is 13.1 Å². The van der Waals surface area contributed by atoms with Gasteiger partial charge in [0.25, 0.3) is 0 Å². The van der Waals surface area contributed by atoms with Crippen molar-refractivity contribution in [1.82, 2.24) is 21.1 Å². The summed E-state index contributed by atoms with van der Waals surface area (Å²) in [5, 5.41) is 13.3. The number of nitrogens with one attached hydrogen (secondary N) is 3. The molecule has 0 spiro atoms. The zero-order valence-electron chi connectivity index (χ0n) is 16.4. The summed E-state index contributed by atoms with van der Waals surface area (Å²) in [7, 11) is 0. The molecule has 1 rings (SSSR count). The molecule has 1 amide bonds. The van der Waals surface area contributed by atoms with Crippen LogP contribution >= 0.6 is 0 Å². The molecule has 0 aliphatic rings. The van der Waals surface area contributed by atoms with E-state index in [2.05, 4.69) is 39.9 Å². The van der Waals surface area contributed by atoms with Gasteiger partial charge in [0.15, 0.2) is 11.7 Å². The lowest BCUT2D eigenvalue weighted by Gasteiger charge is -2.20. The summed E-state index contributed by atoms with van der Waals surface area (Å²) in [6.45, 7) is 13.4. The van der Waals surface area contributed by atoms with Gasteiger partial charge in [-0.05, 0) is 40.5 Å². The van der Waals surface area contributed by atoms with E-state index < -0.39 is 0 Å². The van der Waals surface area contributed by atoms with Crippen LogP contribution in [0.2, 0.25) is 0 Å². The van der Waals surface area contributed by atoms with Gasteiger partial charge in [0.2, 0.25) is 5.91 Å². The molecule has 7 heteroatoms. The second kappa shape index (κ2) is 10.1. The molecule has 3 N–H and O–H groups in total. The third-order valence-corrected chi connectivity index (χ3v) is 3.65. The van der Waals surface area contributed by atoms with E-state index in [1.54, 1.807) is 0 Å². The first-order valence-corrected chi connectivity index (χ1v) is 9.07. The van der Waals surface area contributed by atoms with Gasteiger partial charge in [-0.15, -0.1) is 0 Å². The minimum absolute atomic E-state index is 0.0714. The fraction of sp³-hybridized carbons (Fsp3) is 0.722. The van der Waals surface area contributed by atoms with Crippen molar-refractivity contribution in [3.63, 3.8) is 0 Å². The van der Waals surface area contributed by atoms with Crippen molar-refractivity contribution in [2.45, 2.75) is 72.4 Å². The highest BCUT2D eigenvalue weighted by molar-refractivity contribution is 5.85. The molecule has 7 nitrogen and oxygen atoms in total. The molecular weight excluding hydrogens is 318 g/mol. The van der Waals surface area contributed by atoms with Crippen molar-refractivity contribution in [2.24, 2.45) is 4.99 Å². The fourth-order valence-corrected chi connectivity index (χ4v) is 2.43. The molecule has 0 atom stereocenters. The van der Waals surface area contributed by atoms with Crippen molar-refractivity contribution in [3.8, 4) is 0 Å². The lowest BCUT2D eigenvalue weighted by molar-refractivity contribution is -0.121. The van der Waals surface area contributed by atoms with Crippen LogP contribution in [0.15, 0.2) is 15.6 Å². The van der Waals surface area contributed by atoms with Gasteiger partial charge >= 0.3 is 0 Å². The van der Waals surface area contributed by atoms with Gasteiger partial charge in [-0.2, -0.15) is 0 Å². The minimum Gasteiger partial charge on any atom is -0.359 e. The molecule has 0 radical (unpaired) electrons. The third-order valence-electron chi connectivity index (χ3n) is 3.65. The summed E-state index contributed by atoms with van der Waals surface area (Å²) >= 11 is 0. The molecule has 0 aliphatic heterocycles. The van der Waals surface area contributed by atoms with Gasteiger partial charge in [-0.3, -0.25) is 4.79 Å². The molecule has 0 aromatic carbocycles. The molecule has 1 aromatic heterocycles. The average Bonchev–Trinajstić information content (AvgIpc) is 2.98. The van der Waals surface area contributed by atoms with Crippen molar-refractivity contribution < 1.29 is 9.32 Å². The van der Waals surface area contributed by atoms with Gasteiger partial charge < -0.3 is 20.5 Å². The molecule has 1 heterocycles. The van der Waals surface area contributed by atoms with Crippen LogP contribution in [0.3, 0.4) is 0 Å². The number of aromatic nitrogens is 1. The summed E-state index contributed by atoms with van der Waals surface area (Å²) in [4.78, 5) is 16.2. The Hall–Kier alpha value is -2.05. The van der Waals surface area contributed by atoms with E-state index in [0.717, 1.165) is 24.3 Å². The van der Waals surface area contributed by atoms with Gasteiger partial charge in [-0.1, -0.05) is 19.0 Å². The first-order valence-electron chi connectivity index (χ1n) is 9.07. The SMILES string of the molecule is CCNC(=NCC(=O)NC(C)(C)C)NCc1cc(C(CC)CC)no1. The summed E-state index contributed by atoms with van der Waals surface area (Å²) in [5.74, 6) is 1.65. The summed E-state index contributed by atoms with van der Waals surface area (Å²) in [5.41, 5.74) is 0.734. The number of aliphatic imine (C=N–C) groups is 1. The average molecular weight is 351 g/mol. The van der Waals surface area contributed by atoms with Crippen LogP contribution in [0.4, 0.5) is 0 Å². The molecule has 0 saturated carbocycles. The number of carbonyl (C=O) groups is 1. The van der Waals surface area contributed by atoms with Crippen LogP contribution in [0.5, 0.6) is 0 Å². The van der Waals surface area contributed by atoms with Crippen LogP contribution in [-0.4, -0.2) is 35.7 Å². The predicted molar refractivity (Wildman–Crippen MR) is 101 cm³/mol. The van der Waals surface area contributed by atoms with Crippen molar-refractivity contribution in [3.05, 3.63) is 17.5 Å². The third kappa shape index (κ3) is 8.05. The highest BCUT2D eigenvalue weighted by Crippen LogP contribution is 2.22. The Balaban J connectivity index is 2.60. The molecule has 0 unspecified atom stereocenters. The Morgan fingerprint density at radius 2 is 1.92 bits per heavy atom. The molecule has 25 heavy (non-hydrogen) atoms. The standard InChI is InChI=1S/C18H33N5O2/c1-7-13(8-2)15-10-14(25-23-15)11-20-17(19-9-3)21-12-16(24)22-18(4,5)6/h10,13H,7-9,11-12H2,1-6H3,(H,22,24)(H2,19,20,21). The second-order valence-corrected chi connectivity index (χ2v) is 7.08. The zero-order chi connectivity index (χ0) is 18.9. The van der Waals surface area contributed by atoms with E-state index in [4.69, 9.17) is 4.52 Å².